The van der Waals surface area contributed by atoms with E-state index in [9.17, 15) is 14.9 Å². The summed E-state index contributed by atoms with van der Waals surface area (Å²) in [6, 6.07) is 11.9. The molecule has 1 amide bonds. The number of benzene rings is 2. The Labute approximate surface area is 139 Å². The van der Waals surface area contributed by atoms with Gasteiger partial charge in [-0.1, -0.05) is 18.2 Å². The van der Waals surface area contributed by atoms with Crippen LogP contribution in [0.3, 0.4) is 0 Å². The van der Waals surface area contributed by atoms with Gasteiger partial charge in [-0.05, 0) is 30.7 Å². The van der Waals surface area contributed by atoms with Gasteiger partial charge in [0.05, 0.1) is 11.1 Å². The second-order valence-corrected chi connectivity index (χ2v) is 5.44. The first-order valence-corrected chi connectivity index (χ1v) is 7.24. The molecule has 0 spiro atoms. The van der Waals surface area contributed by atoms with Crippen molar-refractivity contribution in [2.45, 2.75) is 6.92 Å². The van der Waals surface area contributed by atoms with Gasteiger partial charge in [0.2, 0.25) is 0 Å². The molecule has 0 bridgehead atoms. The molecular formula is C17H18N4O3. The van der Waals surface area contributed by atoms with Crippen molar-refractivity contribution in [3.63, 3.8) is 0 Å². The molecule has 0 fully saturated rings. The zero-order chi connectivity index (χ0) is 17.7. The molecule has 0 aliphatic carbocycles. The normalized spacial score (nSPS) is 10.6. The van der Waals surface area contributed by atoms with Crippen molar-refractivity contribution in [2.24, 2.45) is 5.10 Å². The van der Waals surface area contributed by atoms with Crippen molar-refractivity contribution in [2.75, 3.05) is 19.0 Å². The summed E-state index contributed by atoms with van der Waals surface area (Å²) in [6.45, 7) is 1.62. The van der Waals surface area contributed by atoms with Crippen molar-refractivity contribution in [3.8, 4) is 0 Å². The molecule has 24 heavy (non-hydrogen) atoms. The number of carbonyl (C=O) groups is 1. The summed E-state index contributed by atoms with van der Waals surface area (Å²) in [7, 11) is 3.90. The maximum atomic E-state index is 12.0. The fraction of sp³-hybridized carbons (Fsp3) is 0.176. The summed E-state index contributed by atoms with van der Waals surface area (Å²) >= 11 is 0. The number of nitrogens with one attached hydrogen (secondary N) is 1. The topological polar surface area (TPSA) is 87.8 Å². The summed E-state index contributed by atoms with van der Waals surface area (Å²) in [4.78, 5) is 24.4. The molecule has 0 heterocycles. The molecule has 7 nitrogen and oxygen atoms in total. The molecule has 2 rings (SSSR count). The zero-order valence-corrected chi connectivity index (χ0v) is 13.7. The van der Waals surface area contributed by atoms with E-state index in [4.69, 9.17) is 0 Å². The molecule has 0 unspecified atom stereocenters. The highest BCUT2D eigenvalue weighted by molar-refractivity contribution is 5.95. The summed E-state index contributed by atoms with van der Waals surface area (Å²) in [5, 5.41) is 14.8. The molecule has 0 aliphatic rings. The van der Waals surface area contributed by atoms with Gasteiger partial charge in [-0.2, -0.15) is 5.10 Å². The van der Waals surface area contributed by atoms with Gasteiger partial charge < -0.3 is 4.90 Å². The minimum atomic E-state index is -0.512. The molecule has 0 aromatic heterocycles. The molecule has 0 radical (unpaired) electrons. The van der Waals surface area contributed by atoms with Crippen molar-refractivity contribution >= 4 is 23.5 Å². The SMILES string of the molecule is Cc1ccc(C(=O)N/N=C/c2ccc(N(C)C)cc2)cc1[N+](=O)[O-]. The monoisotopic (exact) mass is 326 g/mol. The van der Waals surface area contributed by atoms with Crippen LogP contribution in [0, 0.1) is 17.0 Å². The number of nitro groups is 1. The molecule has 124 valence electrons. The van der Waals surface area contributed by atoms with Gasteiger partial charge in [-0.15, -0.1) is 0 Å². The van der Waals surface area contributed by atoms with Gasteiger partial charge >= 0.3 is 0 Å². The lowest BCUT2D eigenvalue weighted by atomic mass is 10.1. The minimum absolute atomic E-state index is 0.0918. The van der Waals surface area contributed by atoms with E-state index in [0.717, 1.165) is 11.3 Å². The summed E-state index contributed by atoms with van der Waals surface area (Å²) in [5.41, 5.74) is 4.85. The van der Waals surface area contributed by atoms with Gasteiger partial charge in [-0.3, -0.25) is 14.9 Å². The zero-order valence-electron chi connectivity index (χ0n) is 13.7. The lowest BCUT2D eigenvalue weighted by Gasteiger charge is -2.11. The largest absolute Gasteiger partial charge is 0.378 e. The molecule has 0 atom stereocenters. The second-order valence-electron chi connectivity index (χ2n) is 5.44. The van der Waals surface area contributed by atoms with Gasteiger partial charge in [-0.25, -0.2) is 5.43 Å². The van der Waals surface area contributed by atoms with Crippen molar-refractivity contribution in [3.05, 3.63) is 69.3 Å². The summed E-state index contributed by atoms with van der Waals surface area (Å²) in [6.07, 6.45) is 1.51. The van der Waals surface area contributed by atoms with Crippen LogP contribution in [0.5, 0.6) is 0 Å². The molecule has 2 aromatic carbocycles. The highest BCUT2D eigenvalue weighted by Crippen LogP contribution is 2.19. The van der Waals surface area contributed by atoms with Crippen LogP contribution < -0.4 is 10.3 Å². The van der Waals surface area contributed by atoms with Crippen LogP contribution in [-0.4, -0.2) is 31.1 Å². The van der Waals surface area contributed by atoms with Crippen LogP contribution in [0.1, 0.15) is 21.5 Å². The average molecular weight is 326 g/mol. The predicted octanol–water partition coefficient (Wildman–Crippen LogP) is 2.73. The van der Waals surface area contributed by atoms with E-state index in [1.54, 1.807) is 6.92 Å². The summed E-state index contributed by atoms with van der Waals surface area (Å²) in [5.74, 6) is -0.501. The third-order valence-electron chi connectivity index (χ3n) is 3.46. The van der Waals surface area contributed by atoms with Gasteiger partial charge in [0, 0.05) is 37.0 Å². The number of rotatable bonds is 5. The Morgan fingerprint density at radius 2 is 1.88 bits per heavy atom. The van der Waals surface area contributed by atoms with E-state index >= 15 is 0 Å². The second kappa shape index (κ2) is 7.36. The minimum Gasteiger partial charge on any atom is -0.378 e. The number of hydrogen-bond acceptors (Lipinski definition) is 5. The fourth-order valence-corrected chi connectivity index (χ4v) is 2.04. The van der Waals surface area contributed by atoms with Gasteiger partial charge in [0.1, 0.15) is 0 Å². The predicted molar refractivity (Wildman–Crippen MR) is 93.7 cm³/mol. The maximum absolute atomic E-state index is 12.0. The molecule has 1 N–H and O–H groups in total. The molecule has 0 saturated heterocycles. The van der Waals surface area contributed by atoms with Crippen LogP contribution in [0.15, 0.2) is 47.6 Å². The lowest BCUT2D eigenvalue weighted by Crippen LogP contribution is -2.17. The number of aryl methyl sites for hydroxylation is 1. The van der Waals surface area contributed by atoms with Crippen molar-refractivity contribution in [1.82, 2.24) is 5.43 Å². The third kappa shape index (κ3) is 4.16. The molecule has 0 aliphatic heterocycles. The van der Waals surface area contributed by atoms with Crippen LogP contribution >= 0.6 is 0 Å². The van der Waals surface area contributed by atoms with Crippen LogP contribution in [0.4, 0.5) is 11.4 Å². The number of nitrogens with zero attached hydrogens (tertiary/aromatic N) is 3. The van der Waals surface area contributed by atoms with E-state index in [1.807, 2.05) is 43.3 Å². The smallest absolute Gasteiger partial charge is 0.273 e. The van der Waals surface area contributed by atoms with E-state index < -0.39 is 10.8 Å². The Morgan fingerprint density at radius 1 is 1.21 bits per heavy atom. The Balaban J connectivity index is 2.05. The number of hydrazone groups is 1. The fourth-order valence-electron chi connectivity index (χ4n) is 2.04. The third-order valence-corrected chi connectivity index (χ3v) is 3.46. The number of amides is 1. The van der Waals surface area contributed by atoms with E-state index in [1.165, 1.54) is 24.4 Å². The van der Waals surface area contributed by atoms with E-state index in [2.05, 4.69) is 10.5 Å². The Morgan fingerprint density at radius 3 is 2.46 bits per heavy atom. The number of hydrogen-bond donors (Lipinski definition) is 1. The van der Waals surface area contributed by atoms with E-state index in [0.29, 0.717) is 5.56 Å². The molecular weight excluding hydrogens is 308 g/mol. The number of carbonyl (C=O) groups excluding carboxylic acids is 1. The van der Waals surface area contributed by atoms with Crippen molar-refractivity contribution < 1.29 is 9.72 Å². The first kappa shape index (κ1) is 17.1. The molecule has 0 saturated carbocycles. The Kier molecular flexibility index (Phi) is 5.26. The first-order valence-electron chi connectivity index (χ1n) is 7.24. The standard InChI is InChI=1S/C17H18N4O3/c1-12-4-7-14(10-16(12)21(23)24)17(22)19-18-11-13-5-8-15(9-6-13)20(2)3/h4-11H,1-3H3,(H,19,22)/b18-11+. The summed E-state index contributed by atoms with van der Waals surface area (Å²) < 4.78 is 0. The van der Waals surface area contributed by atoms with Gasteiger partial charge in [0.25, 0.3) is 11.6 Å². The highest BCUT2D eigenvalue weighted by atomic mass is 16.6. The van der Waals surface area contributed by atoms with Crippen LogP contribution in [0.25, 0.3) is 0 Å². The average Bonchev–Trinajstić information content (AvgIpc) is 2.55. The van der Waals surface area contributed by atoms with E-state index in [-0.39, 0.29) is 11.3 Å². The van der Waals surface area contributed by atoms with Crippen LogP contribution in [0.2, 0.25) is 0 Å². The number of nitro benzene ring substituents is 1. The Hall–Kier alpha value is -3.22. The first-order chi connectivity index (χ1) is 11.4. The Bertz CT molecular complexity index is 783. The quantitative estimate of drug-likeness (QED) is 0.520. The molecule has 2 aromatic rings. The van der Waals surface area contributed by atoms with Gasteiger partial charge in [0.15, 0.2) is 0 Å². The maximum Gasteiger partial charge on any atom is 0.273 e. The lowest BCUT2D eigenvalue weighted by molar-refractivity contribution is -0.385. The molecule has 7 heteroatoms. The van der Waals surface area contributed by atoms with Crippen molar-refractivity contribution in [1.29, 1.82) is 0 Å². The number of anilines is 1. The van der Waals surface area contributed by atoms with Crippen LogP contribution in [-0.2, 0) is 0 Å². The highest BCUT2D eigenvalue weighted by Gasteiger charge is 2.14.